The zero-order valence-electron chi connectivity index (χ0n) is 19.3. The number of carbonyl (C=O) groups excluding carboxylic acids is 2. The molecule has 1 unspecified atom stereocenters. The van der Waals surface area contributed by atoms with Gasteiger partial charge in [0.05, 0.1) is 0 Å². The maximum absolute atomic E-state index is 13.1. The van der Waals surface area contributed by atoms with Crippen molar-refractivity contribution in [3.05, 3.63) is 63.6 Å². The summed E-state index contributed by atoms with van der Waals surface area (Å²) < 4.78 is 5.72. The molecule has 2 rings (SSSR count). The second-order valence-electron chi connectivity index (χ2n) is 8.55. The maximum atomic E-state index is 13.1. The molecule has 2 aromatic rings. The molecule has 5 nitrogen and oxygen atoms in total. The Morgan fingerprint density at radius 1 is 0.969 bits per heavy atom. The number of halogens is 2. The van der Waals surface area contributed by atoms with Crippen molar-refractivity contribution < 1.29 is 14.3 Å². The van der Waals surface area contributed by atoms with E-state index >= 15 is 0 Å². The van der Waals surface area contributed by atoms with Gasteiger partial charge in [-0.2, -0.15) is 0 Å². The van der Waals surface area contributed by atoms with E-state index in [2.05, 4.69) is 19.2 Å². The highest BCUT2D eigenvalue weighted by Crippen LogP contribution is 2.27. The normalized spacial score (nSPS) is 12.0. The number of hydrogen-bond acceptors (Lipinski definition) is 3. The average Bonchev–Trinajstić information content (AvgIpc) is 2.75. The Hall–Kier alpha value is -2.24. The minimum absolute atomic E-state index is 0.100. The van der Waals surface area contributed by atoms with Crippen molar-refractivity contribution in [3.8, 4) is 5.75 Å². The van der Waals surface area contributed by atoms with Crippen molar-refractivity contribution in [1.82, 2.24) is 10.2 Å². The third kappa shape index (κ3) is 7.42. The van der Waals surface area contributed by atoms with Crippen LogP contribution >= 0.6 is 23.2 Å². The van der Waals surface area contributed by atoms with Crippen molar-refractivity contribution in [2.24, 2.45) is 5.92 Å². The molecule has 32 heavy (non-hydrogen) atoms. The summed E-state index contributed by atoms with van der Waals surface area (Å²) in [6.07, 6.45) is 0. The fourth-order valence-electron chi connectivity index (χ4n) is 3.07. The van der Waals surface area contributed by atoms with E-state index in [0.29, 0.717) is 39.7 Å². The summed E-state index contributed by atoms with van der Waals surface area (Å²) >= 11 is 12.6. The Morgan fingerprint density at radius 2 is 1.56 bits per heavy atom. The molecule has 0 radical (unpaired) electrons. The Bertz CT molecular complexity index is 894. The van der Waals surface area contributed by atoms with E-state index in [4.69, 9.17) is 27.9 Å². The van der Waals surface area contributed by atoms with Crippen LogP contribution in [-0.2, 0) is 16.1 Å². The second-order valence-corrected chi connectivity index (χ2v) is 9.36. The van der Waals surface area contributed by atoms with Crippen LogP contribution < -0.4 is 10.1 Å². The lowest BCUT2D eigenvalue weighted by atomic mass is 10.0. The standard InChI is InChI=1S/C25H32Cl2N2O3/c1-16(2)13-28-25(31)18(5)29(14-21-22(26)7-6-8-23(21)27)24(30)15-32-20-11-9-19(10-12-20)17(3)4/h6-12,16-18H,13-15H2,1-5H3,(H,28,31). The van der Waals surface area contributed by atoms with Crippen molar-refractivity contribution in [3.63, 3.8) is 0 Å². The number of benzene rings is 2. The lowest BCUT2D eigenvalue weighted by Gasteiger charge is -2.29. The summed E-state index contributed by atoms with van der Waals surface area (Å²) in [5, 5.41) is 3.76. The molecule has 0 aliphatic rings. The zero-order chi connectivity index (χ0) is 23.8. The van der Waals surface area contributed by atoms with Gasteiger partial charge in [-0.3, -0.25) is 9.59 Å². The molecule has 7 heteroatoms. The van der Waals surface area contributed by atoms with E-state index in [1.54, 1.807) is 25.1 Å². The fraction of sp³-hybridized carbons (Fsp3) is 0.440. The first-order valence-electron chi connectivity index (χ1n) is 10.8. The highest BCUT2D eigenvalue weighted by Gasteiger charge is 2.28. The van der Waals surface area contributed by atoms with E-state index in [1.165, 1.54) is 10.5 Å². The van der Waals surface area contributed by atoms with Gasteiger partial charge in [0.15, 0.2) is 6.61 Å². The molecule has 0 heterocycles. The van der Waals surface area contributed by atoms with E-state index < -0.39 is 6.04 Å². The molecule has 0 aliphatic carbocycles. The van der Waals surface area contributed by atoms with Crippen LogP contribution in [-0.4, -0.2) is 35.9 Å². The van der Waals surface area contributed by atoms with Gasteiger partial charge >= 0.3 is 0 Å². The molecule has 2 aromatic carbocycles. The predicted molar refractivity (Wildman–Crippen MR) is 130 cm³/mol. The van der Waals surface area contributed by atoms with Crippen molar-refractivity contribution in [2.75, 3.05) is 13.2 Å². The molecular weight excluding hydrogens is 447 g/mol. The third-order valence-corrected chi connectivity index (χ3v) is 5.86. The van der Waals surface area contributed by atoms with Gasteiger partial charge in [-0.15, -0.1) is 0 Å². The molecule has 0 saturated carbocycles. The van der Waals surface area contributed by atoms with Crippen LogP contribution in [0.4, 0.5) is 0 Å². The van der Waals surface area contributed by atoms with Crippen molar-refractivity contribution in [1.29, 1.82) is 0 Å². The van der Waals surface area contributed by atoms with E-state index in [0.717, 1.165) is 0 Å². The summed E-state index contributed by atoms with van der Waals surface area (Å²) in [6, 6.07) is 12.1. The fourth-order valence-corrected chi connectivity index (χ4v) is 3.58. The van der Waals surface area contributed by atoms with Crippen LogP contribution in [0.25, 0.3) is 0 Å². The number of carbonyl (C=O) groups is 2. The lowest BCUT2D eigenvalue weighted by Crippen LogP contribution is -2.49. The number of rotatable bonds is 10. The van der Waals surface area contributed by atoms with Crippen molar-refractivity contribution in [2.45, 2.75) is 53.1 Å². The molecule has 1 atom stereocenters. The first-order valence-corrected chi connectivity index (χ1v) is 11.6. The molecule has 1 N–H and O–H groups in total. The maximum Gasteiger partial charge on any atom is 0.261 e. The van der Waals surface area contributed by atoms with E-state index in [9.17, 15) is 9.59 Å². The quantitative estimate of drug-likeness (QED) is 0.477. The van der Waals surface area contributed by atoms with Gasteiger partial charge in [-0.1, -0.05) is 69.1 Å². The Labute approximate surface area is 201 Å². The topological polar surface area (TPSA) is 58.6 Å². The predicted octanol–water partition coefficient (Wildman–Crippen LogP) is 5.69. The van der Waals surface area contributed by atoms with Crippen LogP contribution in [0.2, 0.25) is 10.0 Å². The molecule has 0 saturated heterocycles. The molecule has 0 fully saturated rings. The number of amides is 2. The van der Waals surface area contributed by atoms with Gasteiger partial charge in [0.25, 0.3) is 5.91 Å². The first-order chi connectivity index (χ1) is 15.1. The number of hydrogen-bond donors (Lipinski definition) is 1. The Morgan fingerprint density at radius 3 is 2.09 bits per heavy atom. The van der Waals surface area contributed by atoms with Gasteiger partial charge in [0.2, 0.25) is 5.91 Å². The van der Waals surface area contributed by atoms with Gasteiger partial charge in [-0.25, -0.2) is 0 Å². The van der Waals surface area contributed by atoms with Crippen LogP contribution in [0.15, 0.2) is 42.5 Å². The van der Waals surface area contributed by atoms with Crippen molar-refractivity contribution >= 4 is 35.0 Å². The largest absolute Gasteiger partial charge is 0.484 e. The molecule has 2 amide bonds. The van der Waals surface area contributed by atoms with Gasteiger partial charge in [0.1, 0.15) is 11.8 Å². The Balaban J connectivity index is 2.18. The summed E-state index contributed by atoms with van der Waals surface area (Å²) in [7, 11) is 0. The summed E-state index contributed by atoms with van der Waals surface area (Å²) in [4.78, 5) is 27.3. The minimum atomic E-state index is -0.722. The number of nitrogens with zero attached hydrogens (tertiary/aromatic N) is 1. The molecule has 0 aliphatic heterocycles. The minimum Gasteiger partial charge on any atom is -0.484 e. The summed E-state index contributed by atoms with van der Waals surface area (Å²) in [5.41, 5.74) is 1.78. The molecule has 0 bridgehead atoms. The van der Waals surface area contributed by atoms with E-state index in [-0.39, 0.29) is 25.0 Å². The van der Waals surface area contributed by atoms with Crippen LogP contribution in [0, 0.1) is 5.92 Å². The van der Waals surface area contributed by atoms with E-state index in [1.807, 2.05) is 38.1 Å². The monoisotopic (exact) mass is 478 g/mol. The first kappa shape index (κ1) is 26.0. The average molecular weight is 479 g/mol. The molecule has 0 aromatic heterocycles. The molecule has 0 spiro atoms. The van der Waals surface area contributed by atoms with Crippen LogP contribution in [0.5, 0.6) is 5.75 Å². The van der Waals surface area contributed by atoms with Crippen LogP contribution in [0.1, 0.15) is 51.7 Å². The highest BCUT2D eigenvalue weighted by molar-refractivity contribution is 6.36. The smallest absolute Gasteiger partial charge is 0.261 e. The number of ether oxygens (including phenoxy) is 1. The van der Waals surface area contributed by atoms with Gasteiger partial charge < -0.3 is 15.0 Å². The second kappa shape index (κ2) is 12.1. The molecule has 174 valence electrons. The third-order valence-electron chi connectivity index (χ3n) is 5.15. The van der Waals surface area contributed by atoms with Gasteiger partial charge in [0, 0.05) is 28.7 Å². The molecular formula is C25H32Cl2N2O3. The highest BCUT2D eigenvalue weighted by atomic mass is 35.5. The zero-order valence-corrected chi connectivity index (χ0v) is 20.8. The van der Waals surface area contributed by atoms with Gasteiger partial charge in [-0.05, 0) is 48.6 Å². The lowest BCUT2D eigenvalue weighted by molar-refractivity contribution is -0.142. The number of nitrogens with one attached hydrogen (secondary N) is 1. The SMILES string of the molecule is CC(C)CNC(=O)C(C)N(Cc1c(Cl)cccc1Cl)C(=O)COc1ccc(C(C)C)cc1. The summed E-state index contributed by atoms with van der Waals surface area (Å²) in [6.45, 7) is 10.4. The summed E-state index contributed by atoms with van der Waals surface area (Å²) in [5.74, 6) is 0.727. The van der Waals surface area contributed by atoms with Crippen LogP contribution in [0.3, 0.4) is 0 Å². The Kier molecular flexibility index (Phi) is 9.85.